The molecule has 0 saturated heterocycles. The van der Waals surface area contributed by atoms with E-state index in [9.17, 15) is 14.9 Å². The third-order valence-electron chi connectivity index (χ3n) is 2.82. The van der Waals surface area contributed by atoms with Gasteiger partial charge in [-0.25, -0.2) is 0 Å². The SMILES string of the molecule is NC1(C(=O)NCc2cccc([N+](=O)[O-])c2)CC1. The normalized spacial score (nSPS) is 16.3. The summed E-state index contributed by atoms with van der Waals surface area (Å²) in [5.41, 5.74) is 5.72. The number of carbonyl (C=O) groups excluding carboxylic acids is 1. The van der Waals surface area contributed by atoms with Crippen molar-refractivity contribution in [3.63, 3.8) is 0 Å². The van der Waals surface area contributed by atoms with Crippen LogP contribution in [0.2, 0.25) is 0 Å². The van der Waals surface area contributed by atoms with Gasteiger partial charge in [-0.1, -0.05) is 12.1 Å². The van der Waals surface area contributed by atoms with Gasteiger partial charge in [-0.15, -0.1) is 0 Å². The first-order valence-electron chi connectivity index (χ1n) is 5.32. The summed E-state index contributed by atoms with van der Waals surface area (Å²) in [5, 5.41) is 13.2. The van der Waals surface area contributed by atoms with Crippen molar-refractivity contribution in [3.05, 3.63) is 39.9 Å². The Morgan fingerprint density at radius 2 is 2.24 bits per heavy atom. The molecule has 1 aliphatic rings. The molecule has 0 bridgehead atoms. The van der Waals surface area contributed by atoms with E-state index in [0.717, 1.165) is 0 Å². The average Bonchev–Trinajstić information content (AvgIpc) is 3.06. The minimum atomic E-state index is -0.708. The molecule has 0 heterocycles. The van der Waals surface area contributed by atoms with Crippen LogP contribution in [0.1, 0.15) is 18.4 Å². The van der Waals surface area contributed by atoms with Crippen molar-refractivity contribution in [2.75, 3.05) is 0 Å². The first kappa shape index (κ1) is 11.5. The molecule has 1 aromatic rings. The van der Waals surface area contributed by atoms with Gasteiger partial charge in [0.15, 0.2) is 0 Å². The quantitative estimate of drug-likeness (QED) is 0.592. The Labute approximate surface area is 98.0 Å². The molecule has 3 N–H and O–H groups in total. The lowest BCUT2D eigenvalue weighted by atomic mass is 10.2. The summed E-state index contributed by atoms with van der Waals surface area (Å²) in [6.45, 7) is 0.263. The molecule has 0 aromatic heterocycles. The average molecular weight is 235 g/mol. The Bertz CT molecular complexity index is 469. The minimum absolute atomic E-state index is 0.0191. The van der Waals surface area contributed by atoms with Crippen molar-refractivity contribution < 1.29 is 9.72 Å². The molecule has 1 aromatic carbocycles. The van der Waals surface area contributed by atoms with Crippen LogP contribution in [0.25, 0.3) is 0 Å². The maximum atomic E-state index is 11.5. The highest BCUT2D eigenvalue weighted by Crippen LogP contribution is 2.32. The molecular formula is C11H13N3O3. The number of hydrogen-bond acceptors (Lipinski definition) is 4. The summed E-state index contributed by atoms with van der Waals surface area (Å²) in [4.78, 5) is 21.6. The number of amides is 1. The fourth-order valence-electron chi connectivity index (χ4n) is 1.50. The molecule has 0 spiro atoms. The topological polar surface area (TPSA) is 98.3 Å². The summed E-state index contributed by atoms with van der Waals surface area (Å²) < 4.78 is 0. The molecule has 1 amide bonds. The number of nitrogens with two attached hydrogens (primary N) is 1. The lowest BCUT2D eigenvalue weighted by Gasteiger charge is -2.09. The first-order valence-corrected chi connectivity index (χ1v) is 5.32. The molecule has 1 saturated carbocycles. The van der Waals surface area contributed by atoms with E-state index in [2.05, 4.69) is 5.32 Å². The molecule has 0 radical (unpaired) electrons. The highest BCUT2D eigenvalue weighted by molar-refractivity contribution is 5.88. The second kappa shape index (κ2) is 4.14. The summed E-state index contributed by atoms with van der Waals surface area (Å²) in [6, 6.07) is 6.17. The van der Waals surface area contributed by atoms with E-state index in [1.165, 1.54) is 12.1 Å². The van der Waals surface area contributed by atoms with E-state index in [0.29, 0.717) is 18.4 Å². The van der Waals surface area contributed by atoms with Crippen LogP contribution in [0, 0.1) is 10.1 Å². The third kappa shape index (κ3) is 2.59. The molecule has 90 valence electrons. The summed E-state index contributed by atoms with van der Waals surface area (Å²) in [6.07, 6.45) is 1.40. The molecule has 1 fully saturated rings. The van der Waals surface area contributed by atoms with Gasteiger partial charge in [0.25, 0.3) is 5.69 Å². The van der Waals surface area contributed by atoms with Crippen molar-refractivity contribution in [1.29, 1.82) is 0 Å². The smallest absolute Gasteiger partial charge is 0.269 e. The van der Waals surface area contributed by atoms with E-state index < -0.39 is 10.5 Å². The molecule has 2 rings (SSSR count). The minimum Gasteiger partial charge on any atom is -0.350 e. The van der Waals surface area contributed by atoms with Crippen molar-refractivity contribution in [2.24, 2.45) is 5.73 Å². The highest BCUT2D eigenvalue weighted by atomic mass is 16.6. The predicted molar refractivity (Wildman–Crippen MR) is 61.1 cm³/mol. The number of non-ortho nitro benzene ring substituents is 1. The van der Waals surface area contributed by atoms with Crippen molar-refractivity contribution in [1.82, 2.24) is 5.32 Å². The molecule has 0 aliphatic heterocycles. The first-order chi connectivity index (χ1) is 8.01. The van der Waals surface area contributed by atoms with Crippen LogP contribution in [-0.4, -0.2) is 16.4 Å². The largest absolute Gasteiger partial charge is 0.350 e. The van der Waals surface area contributed by atoms with Gasteiger partial charge in [0, 0.05) is 18.7 Å². The molecule has 0 atom stereocenters. The van der Waals surface area contributed by atoms with Gasteiger partial charge in [-0.05, 0) is 18.4 Å². The zero-order chi connectivity index (χ0) is 12.5. The van der Waals surface area contributed by atoms with Crippen molar-refractivity contribution in [3.8, 4) is 0 Å². The predicted octanol–water partition coefficient (Wildman–Crippen LogP) is 0.702. The molecule has 0 unspecified atom stereocenters. The van der Waals surface area contributed by atoms with Gasteiger partial charge in [0.05, 0.1) is 10.5 Å². The molecular weight excluding hydrogens is 222 g/mol. The fourth-order valence-corrected chi connectivity index (χ4v) is 1.50. The Balaban J connectivity index is 1.97. The van der Waals surface area contributed by atoms with Gasteiger partial charge >= 0.3 is 0 Å². The number of nitrogens with one attached hydrogen (secondary N) is 1. The Morgan fingerprint density at radius 3 is 2.82 bits per heavy atom. The Morgan fingerprint density at radius 1 is 1.53 bits per heavy atom. The second-order valence-electron chi connectivity index (χ2n) is 4.27. The van der Waals surface area contributed by atoms with Crippen LogP contribution in [0.5, 0.6) is 0 Å². The van der Waals surface area contributed by atoms with Crippen LogP contribution in [0.15, 0.2) is 24.3 Å². The van der Waals surface area contributed by atoms with Crippen LogP contribution >= 0.6 is 0 Å². The third-order valence-corrected chi connectivity index (χ3v) is 2.82. The number of nitro benzene ring substituents is 1. The lowest BCUT2D eigenvalue weighted by Crippen LogP contribution is -2.42. The molecule has 6 nitrogen and oxygen atoms in total. The number of benzene rings is 1. The monoisotopic (exact) mass is 235 g/mol. The maximum Gasteiger partial charge on any atom is 0.269 e. The van der Waals surface area contributed by atoms with E-state index in [4.69, 9.17) is 5.73 Å². The highest BCUT2D eigenvalue weighted by Gasteiger charge is 2.45. The number of rotatable bonds is 4. The van der Waals surface area contributed by atoms with E-state index >= 15 is 0 Å². The van der Waals surface area contributed by atoms with E-state index in [1.807, 2.05) is 0 Å². The zero-order valence-electron chi connectivity index (χ0n) is 9.18. The lowest BCUT2D eigenvalue weighted by molar-refractivity contribution is -0.384. The van der Waals surface area contributed by atoms with E-state index in [1.54, 1.807) is 12.1 Å². The van der Waals surface area contributed by atoms with Gasteiger partial charge < -0.3 is 11.1 Å². The number of nitro groups is 1. The summed E-state index contributed by atoms with van der Waals surface area (Å²) in [7, 11) is 0. The zero-order valence-corrected chi connectivity index (χ0v) is 9.18. The van der Waals surface area contributed by atoms with Gasteiger partial charge in [-0.2, -0.15) is 0 Å². The Kier molecular flexibility index (Phi) is 2.81. The summed E-state index contributed by atoms with van der Waals surface area (Å²) in [5.74, 6) is -0.191. The number of carbonyl (C=O) groups is 1. The van der Waals surface area contributed by atoms with Crippen LogP contribution in [-0.2, 0) is 11.3 Å². The van der Waals surface area contributed by atoms with Gasteiger partial charge in [-0.3, -0.25) is 14.9 Å². The second-order valence-corrected chi connectivity index (χ2v) is 4.27. The van der Waals surface area contributed by atoms with Gasteiger partial charge in [0.2, 0.25) is 5.91 Å². The molecule has 6 heteroatoms. The Hall–Kier alpha value is -1.95. The van der Waals surface area contributed by atoms with Crippen LogP contribution in [0.3, 0.4) is 0 Å². The summed E-state index contributed by atoms with van der Waals surface area (Å²) >= 11 is 0. The van der Waals surface area contributed by atoms with Crippen LogP contribution in [0.4, 0.5) is 5.69 Å². The number of hydrogen-bond donors (Lipinski definition) is 2. The molecule has 1 aliphatic carbocycles. The van der Waals surface area contributed by atoms with Gasteiger partial charge in [0.1, 0.15) is 0 Å². The van der Waals surface area contributed by atoms with Crippen molar-refractivity contribution in [2.45, 2.75) is 24.9 Å². The number of nitrogens with zero attached hydrogens (tertiary/aromatic N) is 1. The van der Waals surface area contributed by atoms with E-state index in [-0.39, 0.29) is 18.1 Å². The van der Waals surface area contributed by atoms with Crippen LogP contribution < -0.4 is 11.1 Å². The van der Waals surface area contributed by atoms with Crippen molar-refractivity contribution >= 4 is 11.6 Å². The molecule has 17 heavy (non-hydrogen) atoms. The fraction of sp³-hybridized carbons (Fsp3) is 0.364. The standard InChI is InChI=1S/C11H13N3O3/c12-11(4-5-11)10(15)13-7-8-2-1-3-9(6-8)14(16)17/h1-3,6H,4-5,7,12H2,(H,13,15). The maximum absolute atomic E-state index is 11.5.